The molecular weight excluding hydrogens is 329 g/mol. The lowest BCUT2D eigenvalue weighted by molar-refractivity contribution is 0.222. The third kappa shape index (κ3) is 4.55. The summed E-state index contributed by atoms with van der Waals surface area (Å²) in [7, 11) is 0. The van der Waals surface area contributed by atoms with Gasteiger partial charge in [0.25, 0.3) is 0 Å². The van der Waals surface area contributed by atoms with Gasteiger partial charge in [0.1, 0.15) is 5.82 Å². The predicted molar refractivity (Wildman–Crippen MR) is 102 cm³/mol. The molecule has 0 spiro atoms. The van der Waals surface area contributed by atoms with Crippen molar-refractivity contribution in [3.05, 3.63) is 59.4 Å². The van der Waals surface area contributed by atoms with Crippen LogP contribution in [-0.2, 0) is 6.54 Å². The molecule has 3 nitrogen and oxygen atoms in total. The Balaban J connectivity index is 1.77. The Hall–Kier alpha value is -2.07. The summed E-state index contributed by atoms with van der Waals surface area (Å²) in [5.74, 6) is 1.41. The maximum Gasteiger partial charge on any atom is 0.161 e. The molecule has 0 aliphatic carbocycles. The van der Waals surface area contributed by atoms with Gasteiger partial charge in [-0.25, -0.2) is 4.39 Å². The van der Waals surface area contributed by atoms with Gasteiger partial charge >= 0.3 is 0 Å². The second-order valence-electron chi connectivity index (χ2n) is 7.06. The number of ether oxygens (including phenoxy) is 2. The van der Waals surface area contributed by atoms with Crippen LogP contribution in [0.5, 0.6) is 11.5 Å². The Labute approximate surface area is 155 Å². The van der Waals surface area contributed by atoms with E-state index >= 15 is 0 Å². The van der Waals surface area contributed by atoms with Gasteiger partial charge in [-0.15, -0.1) is 0 Å². The number of halogens is 1. The maximum absolute atomic E-state index is 13.6. The molecule has 0 aromatic heterocycles. The van der Waals surface area contributed by atoms with Crippen LogP contribution in [0.2, 0.25) is 0 Å². The average molecular weight is 357 g/mol. The molecule has 140 valence electrons. The van der Waals surface area contributed by atoms with Gasteiger partial charge in [-0.1, -0.05) is 18.2 Å². The van der Waals surface area contributed by atoms with Crippen LogP contribution in [0.3, 0.4) is 0 Å². The van der Waals surface area contributed by atoms with E-state index in [1.165, 1.54) is 11.6 Å². The molecule has 1 aliphatic rings. The molecule has 0 amide bonds. The topological polar surface area (TPSA) is 21.7 Å². The molecular formula is C22H28FNO2. The van der Waals surface area contributed by atoms with Crippen LogP contribution in [0, 0.1) is 5.82 Å². The highest BCUT2D eigenvalue weighted by molar-refractivity contribution is 5.43. The van der Waals surface area contributed by atoms with Crippen molar-refractivity contribution in [2.24, 2.45) is 0 Å². The monoisotopic (exact) mass is 357 g/mol. The molecule has 1 aliphatic heterocycles. The van der Waals surface area contributed by atoms with Crippen LogP contribution in [0.1, 0.15) is 50.8 Å². The van der Waals surface area contributed by atoms with E-state index < -0.39 is 0 Å². The molecule has 1 saturated heterocycles. The molecule has 1 heterocycles. The van der Waals surface area contributed by atoms with E-state index in [9.17, 15) is 4.39 Å². The highest BCUT2D eigenvalue weighted by atomic mass is 19.1. The zero-order chi connectivity index (χ0) is 18.5. The SMILES string of the molecule is CCOc1cc(CN2CCC[C@@H]2c2cccc(F)c2)ccc1OC(C)C. The van der Waals surface area contributed by atoms with Gasteiger partial charge in [0, 0.05) is 12.6 Å². The van der Waals surface area contributed by atoms with Crippen LogP contribution in [-0.4, -0.2) is 24.2 Å². The lowest BCUT2D eigenvalue weighted by atomic mass is 10.0. The predicted octanol–water partition coefficient (Wildman–Crippen LogP) is 5.35. The van der Waals surface area contributed by atoms with Gasteiger partial charge < -0.3 is 9.47 Å². The second kappa shape index (κ2) is 8.54. The minimum absolute atomic E-state index is 0.107. The molecule has 0 radical (unpaired) electrons. The third-order valence-corrected chi connectivity index (χ3v) is 4.65. The Bertz CT molecular complexity index is 732. The van der Waals surface area contributed by atoms with Crippen LogP contribution in [0.25, 0.3) is 0 Å². The summed E-state index contributed by atoms with van der Waals surface area (Å²) in [5.41, 5.74) is 2.25. The fraction of sp³-hybridized carbons (Fsp3) is 0.455. The number of rotatable bonds is 7. The van der Waals surface area contributed by atoms with Crippen LogP contribution < -0.4 is 9.47 Å². The number of likely N-dealkylation sites (tertiary alicyclic amines) is 1. The minimum Gasteiger partial charge on any atom is -0.490 e. The third-order valence-electron chi connectivity index (χ3n) is 4.65. The Morgan fingerprint density at radius 1 is 1.15 bits per heavy atom. The Morgan fingerprint density at radius 2 is 2.00 bits per heavy atom. The van der Waals surface area contributed by atoms with Crippen LogP contribution in [0.15, 0.2) is 42.5 Å². The van der Waals surface area contributed by atoms with E-state index in [0.29, 0.717) is 6.61 Å². The maximum atomic E-state index is 13.6. The largest absolute Gasteiger partial charge is 0.490 e. The molecule has 1 atom stereocenters. The Morgan fingerprint density at radius 3 is 2.73 bits per heavy atom. The van der Waals surface area contributed by atoms with Gasteiger partial charge in [-0.2, -0.15) is 0 Å². The summed E-state index contributed by atoms with van der Waals surface area (Å²) in [6, 6.07) is 13.4. The summed E-state index contributed by atoms with van der Waals surface area (Å²) >= 11 is 0. The summed E-state index contributed by atoms with van der Waals surface area (Å²) in [5, 5.41) is 0. The van der Waals surface area contributed by atoms with Crippen molar-refractivity contribution >= 4 is 0 Å². The zero-order valence-corrected chi connectivity index (χ0v) is 15.9. The fourth-order valence-electron chi connectivity index (χ4n) is 3.61. The summed E-state index contributed by atoms with van der Waals surface area (Å²) in [6.07, 6.45) is 2.31. The highest BCUT2D eigenvalue weighted by Crippen LogP contribution is 2.35. The second-order valence-corrected chi connectivity index (χ2v) is 7.06. The normalized spacial score (nSPS) is 17.7. The van der Waals surface area contributed by atoms with Crippen molar-refractivity contribution in [1.82, 2.24) is 4.90 Å². The summed E-state index contributed by atoms with van der Waals surface area (Å²) in [6.45, 7) is 8.45. The standard InChI is InChI=1S/C22H28FNO2/c1-4-25-22-13-17(10-11-21(22)26-16(2)3)15-24-12-6-9-20(24)18-7-5-8-19(23)14-18/h5,7-8,10-11,13-14,16,20H,4,6,9,12,15H2,1-3H3/t20-/m1/s1. The Kier molecular flexibility index (Phi) is 6.15. The number of benzene rings is 2. The molecule has 0 saturated carbocycles. The fourth-order valence-corrected chi connectivity index (χ4v) is 3.61. The van der Waals surface area contributed by atoms with Gasteiger partial charge in [-0.05, 0) is 75.5 Å². The molecule has 1 fully saturated rings. The van der Waals surface area contributed by atoms with Crippen molar-refractivity contribution in [3.8, 4) is 11.5 Å². The number of hydrogen-bond acceptors (Lipinski definition) is 3. The van der Waals surface area contributed by atoms with E-state index in [2.05, 4.69) is 17.0 Å². The van der Waals surface area contributed by atoms with Crippen molar-refractivity contribution in [2.75, 3.05) is 13.2 Å². The average Bonchev–Trinajstić information content (AvgIpc) is 3.05. The zero-order valence-electron chi connectivity index (χ0n) is 15.9. The first-order valence-electron chi connectivity index (χ1n) is 9.48. The van der Waals surface area contributed by atoms with E-state index in [1.54, 1.807) is 12.1 Å². The minimum atomic E-state index is -0.164. The van der Waals surface area contributed by atoms with Crippen LogP contribution in [0.4, 0.5) is 4.39 Å². The molecule has 26 heavy (non-hydrogen) atoms. The molecule has 4 heteroatoms. The lowest BCUT2D eigenvalue weighted by Crippen LogP contribution is -2.23. The first-order chi connectivity index (χ1) is 12.6. The first kappa shape index (κ1) is 18.7. The van der Waals surface area contributed by atoms with Gasteiger partial charge in [-0.3, -0.25) is 4.90 Å². The lowest BCUT2D eigenvalue weighted by Gasteiger charge is -2.25. The quantitative estimate of drug-likeness (QED) is 0.667. The molecule has 0 bridgehead atoms. The van der Waals surface area contributed by atoms with Gasteiger partial charge in [0.2, 0.25) is 0 Å². The van der Waals surface area contributed by atoms with Gasteiger partial charge in [0.15, 0.2) is 11.5 Å². The molecule has 2 aromatic carbocycles. The number of hydrogen-bond donors (Lipinski definition) is 0. The molecule has 3 rings (SSSR count). The van der Waals surface area contributed by atoms with Crippen molar-refractivity contribution in [3.63, 3.8) is 0 Å². The van der Waals surface area contributed by atoms with Crippen molar-refractivity contribution < 1.29 is 13.9 Å². The van der Waals surface area contributed by atoms with Crippen molar-refractivity contribution in [2.45, 2.75) is 52.3 Å². The van der Waals surface area contributed by atoms with E-state index in [0.717, 1.165) is 43.0 Å². The van der Waals surface area contributed by atoms with Crippen molar-refractivity contribution in [1.29, 1.82) is 0 Å². The molecule has 0 unspecified atom stereocenters. The smallest absolute Gasteiger partial charge is 0.161 e. The highest BCUT2D eigenvalue weighted by Gasteiger charge is 2.26. The first-order valence-corrected chi connectivity index (χ1v) is 9.48. The summed E-state index contributed by atoms with van der Waals surface area (Å²) < 4.78 is 25.2. The number of nitrogens with zero attached hydrogens (tertiary/aromatic N) is 1. The molecule has 2 aromatic rings. The van der Waals surface area contributed by atoms with E-state index in [-0.39, 0.29) is 18.0 Å². The van der Waals surface area contributed by atoms with E-state index in [1.807, 2.05) is 32.9 Å². The summed E-state index contributed by atoms with van der Waals surface area (Å²) in [4.78, 5) is 2.42. The van der Waals surface area contributed by atoms with Gasteiger partial charge in [0.05, 0.1) is 12.7 Å². The molecule has 0 N–H and O–H groups in total. The van der Waals surface area contributed by atoms with E-state index in [4.69, 9.17) is 9.47 Å². The van der Waals surface area contributed by atoms with Crippen LogP contribution >= 0.6 is 0 Å².